The van der Waals surface area contributed by atoms with E-state index in [1.165, 1.54) is 0 Å². The van der Waals surface area contributed by atoms with E-state index in [0.717, 1.165) is 10.5 Å². The van der Waals surface area contributed by atoms with Gasteiger partial charge < -0.3 is 4.74 Å². The van der Waals surface area contributed by atoms with Crippen LogP contribution in [0.1, 0.15) is 15.9 Å². The van der Waals surface area contributed by atoms with Crippen molar-refractivity contribution in [3.63, 3.8) is 0 Å². The summed E-state index contributed by atoms with van der Waals surface area (Å²) in [5, 5.41) is -0.156. The molecule has 1 aliphatic heterocycles. The molecule has 0 aliphatic carbocycles. The molecule has 96 valence electrons. The Hall–Kier alpha value is -1.74. The zero-order valence-corrected chi connectivity index (χ0v) is 11.4. The van der Waals surface area contributed by atoms with Crippen LogP contribution in [-0.4, -0.2) is 17.6 Å². The molecule has 0 aromatic heterocycles. The van der Waals surface area contributed by atoms with Gasteiger partial charge in [-0.25, -0.2) is 0 Å². The van der Waals surface area contributed by atoms with Crippen LogP contribution >= 0.6 is 11.8 Å². The number of Topliss-reactive ketones (excluding diaryl/α,β-unsaturated/α-hetero) is 1. The molecule has 0 fully saturated rings. The molecule has 2 aromatic rings. The van der Waals surface area contributed by atoms with Gasteiger partial charge in [0.05, 0.1) is 5.56 Å². The van der Waals surface area contributed by atoms with E-state index in [2.05, 4.69) is 0 Å². The van der Waals surface area contributed by atoms with Gasteiger partial charge in [-0.2, -0.15) is 0 Å². The average Bonchev–Trinajstić information content (AvgIpc) is 2.44. The Morgan fingerprint density at radius 3 is 2.74 bits per heavy atom. The van der Waals surface area contributed by atoms with Gasteiger partial charge in [-0.1, -0.05) is 29.8 Å². The van der Waals surface area contributed by atoms with E-state index >= 15 is 0 Å². The first-order chi connectivity index (χ1) is 9.24. The second-order valence-electron chi connectivity index (χ2n) is 4.59. The highest BCUT2D eigenvalue weighted by molar-refractivity contribution is 8.00. The van der Waals surface area contributed by atoms with Gasteiger partial charge in [0, 0.05) is 4.90 Å². The molecule has 3 heteroatoms. The minimum Gasteiger partial charge on any atom is -0.491 e. The molecule has 2 nitrogen and oxygen atoms in total. The highest BCUT2D eigenvalue weighted by Crippen LogP contribution is 2.33. The van der Waals surface area contributed by atoms with Crippen LogP contribution in [0.15, 0.2) is 53.4 Å². The Balaban J connectivity index is 1.85. The summed E-state index contributed by atoms with van der Waals surface area (Å²) in [5.41, 5.74) is 1.79. The monoisotopic (exact) mass is 270 g/mol. The summed E-state index contributed by atoms with van der Waals surface area (Å²) in [4.78, 5) is 13.6. The van der Waals surface area contributed by atoms with Gasteiger partial charge in [0.2, 0.25) is 0 Å². The van der Waals surface area contributed by atoms with Gasteiger partial charge in [0.15, 0.2) is 5.78 Å². The number of rotatable bonds is 2. The van der Waals surface area contributed by atoms with Gasteiger partial charge in [-0.3, -0.25) is 4.79 Å². The molecule has 0 N–H and O–H groups in total. The molecule has 0 amide bonds. The highest BCUT2D eigenvalue weighted by Gasteiger charge is 2.29. The van der Waals surface area contributed by atoms with E-state index in [-0.39, 0.29) is 11.0 Å². The Morgan fingerprint density at radius 2 is 1.95 bits per heavy atom. The third-order valence-corrected chi connectivity index (χ3v) is 4.28. The lowest BCUT2D eigenvalue weighted by Crippen LogP contribution is -2.30. The van der Waals surface area contributed by atoms with Crippen LogP contribution in [-0.2, 0) is 0 Å². The second-order valence-corrected chi connectivity index (χ2v) is 5.87. The highest BCUT2D eigenvalue weighted by atomic mass is 32.2. The van der Waals surface area contributed by atoms with Crippen LogP contribution in [0.2, 0.25) is 0 Å². The van der Waals surface area contributed by atoms with E-state index in [1.807, 2.05) is 55.5 Å². The average molecular weight is 270 g/mol. The van der Waals surface area contributed by atoms with Gasteiger partial charge in [0.25, 0.3) is 0 Å². The quantitative estimate of drug-likeness (QED) is 0.831. The summed E-state index contributed by atoms with van der Waals surface area (Å²) in [6.45, 7) is 2.43. The SMILES string of the molecule is Cc1ccc2c(c1)C(=O)C(Sc1ccccc1)CO2. The van der Waals surface area contributed by atoms with Crippen molar-refractivity contribution in [3.8, 4) is 5.75 Å². The van der Waals surface area contributed by atoms with Crippen molar-refractivity contribution >= 4 is 17.5 Å². The van der Waals surface area contributed by atoms with E-state index in [0.29, 0.717) is 17.9 Å². The molecular weight excluding hydrogens is 256 g/mol. The van der Waals surface area contributed by atoms with Crippen molar-refractivity contribution in [1.82, 2.24) is 0 Å². The number of aryl methyl sites for hydroxylation is 1. The number of carbonyl (C=O) groups excluding carboxylic acids is 1. The maximum Gasteiger partial charge on any atom is 0.183 e. The van der Waals surface area contributed by atoms with Crippen LogP contribution in [0, 0.1) is 6.92 Å². The van der Waals surface area contributed by atoms with Crippen LogP contribution in [0.25, 0.3) is 0 Å². The largest absolute Gasteiger partial charge is 0.491 e. The number of hydrogen-bond donors (Lipinski definition) is 0. The number of carbonyl (C=O) groups is 1. The Labute approximate surface area is 116 Å². The molecule has 1 aliphatic rings. The van der Waals surface area contributed by atoms with Crippen molar-refractivity contribution in [2.75, 3.05) is 6.61 Å². The van der Waals surface area contributed by atoms with Crippen molar-refractivity contribution in [3.05, 3.63) is 59.7 Å². The second kappa shape index (κ2) is 5.10. The molecule has 1 atom stereocenters. The van der Waals surface area contributed by atoms with E-state index in [1.54, 1.807) is 11.8 Å². The van der Waals surface area contributed by atoms with Gasteiger partial charge >= 0.3 is 0 Å². The number of benzene rings is 2. The summed E-state index contributed by atoms with van der Waals surface area (Å²) in [6.07, 6.45) is 0. The molecule has 1 heterocycles. The molecule has 2 aromatic carbocycles. The Kier molecular flexibility index (Phi) is 3.30. The minimum absolute atomic E-state index is 0.156. The third kappa shape index (κ3) is 2.51. The van der Waals surface area contributed by atoms with E-state index in [9.17, 15) is 4.79 Å². The summed E-state index contributed by atoms with van der Waals surface area (Å²) in [7, 11) is 0. The summed E-state index contributed by atoms with van der Waals surface area (Å²) in [6, 6.07) is 15.7. The van der Waals surface area contributed by atoms with Crippen LogP contribution < -0.4 is 4.74 Å². The number of ketones is 1. The van der Waals surface area contributed by atoms with Crippen LogP contribution in [0.4, 0.5) is 0 Å². The first-order valence-corrected chi connectivity index (χ1v) is 7.11. The fraction of sp³-hybridized carbons (Fsp3) is 0.188. The van der Waals surface area contributed by atoms with Crippen molar-refractivity contribution < 1.29 is 9.53 Å². The predicted molar refractivity (Wildman–Crippen MR) is 77.1 cm³/mol. The molecule has 0 radical (unpaired) electrons. The lowest BCUT2D eigenvalue weighted by Gasteiger charge is -2.24. The van der Waals surface area contributed by atoms with Crippen LogP contribution in [0.3, 0.4) is 0 Å². The predicted octanol–water partition coefficient (Wildman–Crippen LogP) is 3.73. The fourth-order valence-electron chi connectivity index (χ4n) is 2.13. The van der Waals surface area contributed by atoms with Gasteiger partial charge in [-0.05, 0) is 31.2 Å². The fourth-order valence-corrected chi connectivity index (χ4v) is 3.14. The molecular formula is C16H14O2S. The van der Waals surface area contributed by atoms with Crippen LogP contribution in [0.5, 0.6) is 5.75 Å². The molecule has 0 saturated carbocycles. The first-order valence-electron chi connectivity index (χ1n) is 6.23. The molecule has 3 rings (SSSR count). The van der Waals surface area contributed by atoms with Gasteiger partial charge in [-0.15, -0.1) is 11.8 Å². The Bertz CT molecular complexity index is 607. The number of ether oxygens (including phenoxy) is 1. The molecule has 19 heavy (non-hydrogen) atoms. The molecule has 1 unspecified atom stereocenters. The maximum atomic E-state index is 12.5. The Morgan fingerprint density at radius 1 is 1.16 bits per heavy atom. The van der Waals surface area contributed by atoms with Crippen molar-refractivity contribution in [2.45, 2.75) is 17.1 Å². The maximum absolute atomic E-state index is 12.5. The smallest absolute Gasteiger partial charge is 0.183 e. The topological polar surface area (TPSA) is 26.3 Å². The van der Waals surface area contributed by atoms with Crippen molar-refractivity contribution in [1.29, 1.82) is 0 Å². The molecule has 0 saturated heterocycles. The number of thioether (sulfide) groups is 1. The normalized spacial score (nSPS) is 17.7. The third-order valence-electron chi connectivity index (χ3n) is 3.10. The zero-order valence-electron chi connectivity index (χ0n) is 10.6. The number of hydrogen-bond acceptors (Lipinski definition) is 3. The standard InChI is InChI=1S/C16H14O2S/c1-11-7-8-14-13(9-11)16(17)15(10-18-14)19-12-5-3-2-4-6-12/h2-9,15H,10H2,1H3. The number of fused-ring (bicyclic) bond motifs is 1. The summed E-state index contributed by atoms with van der Waals surface area (Å²) < 4.78 is 5.69. The lowest BCUT2D eigenvalue weighted by molar-refractivity contribution is 0.0943. The minimum atomic E-state index is -0.156. The zero-order chi connectivity index (χ0) is 13.2. The van der Waals surface area contributed by atoms with E-state index in [4.69, 9.17) is 4.74 Å². The van der Waals surface area contributed by atoms with Crippen molar-refractivity contribution in [2.24, 2.45) is 0 Å². The molecule has 0 spiro atoms. The van der Waals surface area contributed by atoms with Gasteiger partial charge in [0.1, 0.15) is 17.6 Å². The first kappa shape index (κ1) is 12.3. The van der Waals surface area contributed by atoms with E-state index < -0.39 is 0 Å². The summed E-state index contributed by atoms with van der Waals surface area (Å²) >= 11 is 1.57. The summed E-state index contributed by atoms with van der Waals surface area (Å²) in [5.74, 6) is 0.874. The lowest BCUT2D eigenvalue weighted by atomic mass is 10.0. The molecule has 0 bridgehead atoms.